The van der Waals surface area contributed by atoms with Crippen LogP contribution in [0.15, 0.2) is 89.7 Å². The van der Waals surface area contributed by atoms with Gasteiger partial charge in [0.2, 0.25) is 11.5 Å². The van der Waals surface area contributed by atoms with Crippen molar-refractivity contribution in [2.45, 2.75) is 37.5 Å². The van der Waals surface area contributed by atoms with Gasteiger partial charge in [-0.05, 0) is 54.8 Å². The van der Waals surface area contributed by atoms with E-state index in [4.69, 9.17) is 0 Å². The number of nitrogens with zero attached hydrogens (tertiary/aromatic N) is 1. The third-order valence-electron chi connectivity index (χ3n) is 7.68. The molecule has 1 amide bonds. The number of fused-ring (bicyclic) bond motifs is 1. The van der Waals surface area contributed by atoms with Gasteiger partial charge in [-0.25, -0.2) is 0 Å². The Balaban J connectivity index is 1.09. The summed E-state index contributed by atoms with van der Waals surface area (Å²) >= 11 is 0. The van der Waals surface area contributed by atoms with Crippen LogP contribution in [0.4, 0.5) is 0 Å². The Labute approximate surface area is 233 Å². The zero-order valence-corrected chi connectivity index (χ0v) is 22.4. The van der Waals surface area contributed by atoms with E-state index in [0.29, 0.717) is 36.0 Å². The normalized spacial score (nSPS) is 15.3. The maximum Gasteiger partial charge on any atom is 0.248 e. The third kappa shape index (κ3) is 6.77. The summed E-state index contributed by atoms with van der Waals surface area (Å²) < 4.78 is 0. The van der Waals surface area contributed by atoms with Gasteiger partial charge in [0.15, 0.2) is 0 Å². The van der Waals surface area contributed by atoms with Crippen LogP contribution in [0.3, 0.4) is 0 Å². The number of aromatic amines is 1. The molecule has 0 spiro atoms. The molecule has 0 aliphatic carbocycles. The number of hydrogen-bond donors (Lipinski definition) is 5. The van der Waals surface area contributed by atoms with Gasteiger partial charge >= 0.3 is 0 Å². The number of H-pyrrole nitrogens is 1. The molecule has 8 heteroatoms. The molecule has 5 rings (SSSR count). The van der Waals surface area contributed by atoms with Gasteiger partial charge in [-0.2, -0.15) is 0 Å². The maximum atomic E-state index is 12.9. The average Bonchev–Trinajstić information content (AvgIpc) is 2.99. The molecule has 1 unspecified atom stereocenters. The van der Waals surface area contributed by atoms with Crippen molar-refractivity contribution >= 4 is 16.8 Å². The number of aliphatic hydroxyl groups excluding tert-OH is 1. The molecule has 0 radical (unpaired) electrons. The van der Waals surface area contributed by atoms with Crippen molar-refractivity contribution in [3.8, 4) is 5.75 Å². The first-order chi connectivity index (χ1) is 19.5. The molecule has 1 aliphatic rings. The molecule has 3 aromatic carbocycles. The number of aromatic nitrogens is 1. The van der Waals surface area contributed by atoms with E-state index in [0.717, 1.165) is 37.1 Å². The molecular formula is C32H36N4O4. The number of carbonyl (C=O) groups is 1. The lowest BCUT2D eigenvalue weighted by molar-refractivity contribution is -0.122. The van der Waals surface area contributed by atoms with Crippen molar-refractivity contribution in [3.63, 3.8) is 0 Å². The summed E-state index contributed by atoms with van der Waals surface area (Å²) in [5.74, 6) is 0.0110. The number of nitrogens with one attached hydrogen (secondary N) is 3. The topological polar surface area (TPSA) is 118 Å². The number of phenols is 1. The standard InChI is InChI=1S/C32H36N4O4/c37-27-13-11-25(26-12-14-29(39)35-32(26)27)28(38)21-33-24-15-18-36(19-16-24)20-17-30(40)34-31(22-7-3-1-4-8-22)23-9-5-2-6-10-23/h1-14,24,28,31,33,37-38H,15-21H2,(H,34,40)(H,35,39). The fraction of sp³-hybridized carbons (Fsp3) is 0.312. The van der Waals surface area contributed by atoms with E-state index in [1.54, 1.807) is 12.1 Å². The minimum Gasteiger partial charge on any atom is -0.506 e. The number of amides is 1. The highest BCUT2D eigenvalue weighted by atomic mass is 16.3. The lowest BCUT2D eigenvalue weighted by atomic mass is 9.98. The van der Waals surface area contributed by atoms with Gasteiger partial charge in [-0.15, -0.1) is 0 Å². The minimum atomic E-state index is -0.780. The number of pyridine rings is 1. The number of aromatic hydroxyl groups is 1. The fourth-order valence-electron chi connectivity index (χ4n) is 5.44. The fourth-order valence-corrected chi connectivity index (χ4v) is 5.44. The Hall–Kier alpha value is -3.98. The molecule has 1 atom stereocenters. The molecule has 40 heavy (non-hydrogen) atoms. The number of piperidine rings is 1. The van der Waals surface area contributed by atoms with Crippen LogP contribution in [-0.2, 0) is 4.79 Å². The monoisotopic (exact) mass is 540 g/mol. The van der Waals surface area contributed by atoms with E-state index >= 15 is 0 Å². The summed E-state index contributed by atoms with van der Waals surface area (Å²) in [6.07, 6.45) is 1.50. The smallest absolute Gasteiger partial charge is 0.248 e. The molecule has 1 aromatic heterocycles. The molecule has 8 nitrogen and oxygen atoms in total. The van der Waals surface area contributed by atoms with Crippen LogP contribution >= 0.6 is 0 Å². The molecular weight excluding hydrogens is 504 g/mol. The summed E-state index contributed by atoms with van der Waals surface area (Å²) in [4.78, 5) is 29.6. The molecule has 5 N–H and O–H groups in total. The number of likely N-dealkylation sites (tertiary alicyclic amines) is 1. The summed E-state index contributed by atoms with van der Waals surface area (Å²) in [6, 6.07) is 26.4. The highest BCUT2D eigenvalue weighted by Crippen LogP contribution is 2.29. The van der Waals surface area contributed by atoms with E-state index in [9.17, 15) is 19.8 Å². The Kier molecular flexibility index (Phi) is 8.91. The third-order valence-corrected chi connectivity index (χ3v) is 7.68. The zero-order chi connectivity index (χ0) is 27.9. The van der Waals surface area contributed by atoms with Crippen LogP contribution in [0, 0.1) is 0 Å². The Morgan fingerprint density at radius 1 is 0.925 bits per heavy atom. The predicted molar refractivity (Wildman–Crippen MR) is 156 cm³/mol. The molecule has 208 valence electrons. The second-order valence-corrected chi connectivity index (χ2v) is 10.4. The first kappa shape index (κ1) is 27.6. The van der Waals surface area contributed by atoms with Crippen molar-refractivity contribution in [2.24, 2.45) is 0 Å². The average molecular weight is 541 g/mol. The van der Waals surface area contributed by atoms with Gasteiger partial charge in [0.1, 0.15) is 5.75 Å². The summed E-state index contributed by atoms with van der Waals surface area (Å²) in [7, 11) is 0. The summed E-state index contributed by atoms with van der Waals surface area (Å²) in [5, 5.41) is 28.3. The molecule has 1 aliphatic heterocycles. The van der Waals surface area contributed by atoms with Gasteiger partial charge in [0.25, 0.3) is 0 Å². The van der Waals surface area contributed by atoms with Crippen LogP contribution in [0.25, 0.3) is 10.9 Å². The second kappa shape index (κ2) is 12.9. The first-order valence-corrected chi connectivity index (χ1v) is 13.9. The number of benzene rings is 3. The first-order valence-electron chi connectivity index (χ1n) is 13.9. The largest absolute Gasteiger partial charge is 0.506 e. The maximum absolute atomic E-state index is 12.9. The van der Waals surface area contributed by atoms with Crippen LogP contribution in [0.1, 0.15) is 48.1 Å². The Morgan fingerprint density at radius 3 is 2.23 bits per heavy atom. The molecule has 4 aromatic rings. The number of phenolic OH excluding ortho intramolecular Hbond substituents is 1. The van der Waals surface area contributed by atoms with E-state index in [1.807, 2.05) is 60.7 Å². The van der Waals surface area contributed by atoms with E-state index in [2.05, 4.69) is 20.5 Å². The van der Waals surface area contributed by atoms with Gasteiger partial charge in [-0.3, -0.25) is 9.59 Å². The van der Waals surface area contributed by atoms with Crippen LogP contribution < -0.4 is 16.2 Å². The summed E-state index contributed by atoms with van der Waals surface area (Å²) in [6.45, 7) is 2.83. The molecule has 0 bridgehead atoms. The Morgan fingerprint density at radius 2 is 1.57 bits per heavy atom. The van der Waals surface area contributed by atoms with Gasteiger partial charge in [0.05, 0.1) is 17.7 Å². The van der Waals surface area contributed by atoms with E-state index in [1.165, 1.54) is 12.1 Å². The van der Waals surface area contributed by atoms with Crippen molar-refractivity contribution in [1.82, 2.24) is 20.5 Å². The van der Waals surface area contributed by atoms with E-state index in [-0.39, 0.29) is 29.3 Å². The highest BCUT2D eigenvalue weighted by molar-refractivity contribution is 5.87. The van der Waals surface area contributed by atoms with Crippen LogP contribution in [0.5, 0.6) is 5.75 Å². The number of hydrogen-bond acceptors (Lipinski definition) is 6. The van der Waals surface area contributed by atoms with Gasteiger partial charge in [0, 0.05) is 37.0 Å². The number of rotatable bonds is 10. The number of aliphatic hydroxyl groups is 1. The molecule has 0 saturated carbocycles. The highest BCUT2D eigenvalue weighted by Gasteiger charge is 2.22. The number of carbonyl (C=O) groups excluding carboxylic acids is 1. The SMILES string of the molecule is O=C(CCN1CCC(NCC(O)c2ccc(O)c3[nH]c(=O)ccc23)CC1)NC(c1ccccc1)c1ccccc1. The van der Waals surface area contributed by atoms with Gasteiger partial charge < -0.3 is 30.7 Å². The Bertz CT molecular complexity index is 1430. The summed E-state index contributed by atoms with van der Waals surface area (Å²) in [5.41, 5.74) is 2.81. The second-order valence-electron chi connectivity index (χ2n) is 10.4. The zero-order valence-electron chi connectivity index (χ0n) is 22.4. The lowest BCUT2D eigenvalue weighted by Gasteiger charge is -2.33. The van der Waals surface area contributed by atoms with E-state index < -0.39 is 6.10 Å². The van der Waals surface area contributed by atoms with Crippen LogP contribution in [-0.4, -0.2) is 58.2 Å². The predicted octanol–water partition coefficient (Wildman–Crippen LogP) is 3.62. The minimum absolute atomic E-state index is 0.0201. The molecule has 2 heterocycles. The molecule has 1 fully saturated rings. The van der Waals surface area contributed by atoms with Crippen molar-refractivity contribution < 1.29 is 15.0 Å². The van der Waals surface area contributed by atoms with Crippen molar-refractivity contribution in [3.05, 3.63) is 112 Å². The van der Waals surface area contributed by atoms with Crippen molar-refractivity contribution in [1.29, 1.82) is 0 Å². The van der Waals surface area contributed by atoms with Crippen LogP contribution in [0.2, 0.25) is 0 Å². The lowest BCUT2D eigenvalue weighted by Crippen LogP contribution is -2.44. The van der Waals surface area contributed by atoms with Crippen molar-refractivity contribution in [2.75, 3.05) is 26.2 Å². The quantitative estimate of drug-likeness (QED) is 0.210. The molecule has 1 saturated heterocycles. The van der Waals surface area contributed by atoms with Gasteiger partial charge in [-0.1, -0.05) is 66.7 Å².